The second-order valence-corrected chi connectivity index (χ2v) is 9.62. The van der Waals surface area contributed by atoms with Crippen LogP contribution in [0.5, 0.6) is 11.5 Å². The third kappa shape index (κ3) is 5.31. The minimum absolute atomic E-state index is 0.0398. The van der Waals surface area contributed by atoms with E-state index in [0.29, 0.717) is 5.75 Å². The summed E-state index contributed by atoms with van der Waals surface area (Å²) in [6.07, 6.45) is 1.64. The molecule has 8 nitrogen and oxygen atoms in total. The van der Waals surface area contributed by atoms with Crippen molar-refractivity contribution >= 4 is 15.8 Å². The van der Waals surface area contributed by atoms with E-state index in [0.717, 1.165) is 35.6 Å². The lowest BCUT2D eigenvalue weighted by Crippen LogP contribution is -2.14. The maximum Gasteiger partial charge on any atom is 0.263 e. The molecule has 35 heavy (non-hydrogen) atoms. The van der Waals surface area contributed by atoms with E-state index in [2.05, 4.69) is 14.8 Å². The quantitative estimate of drug-likeness (QED) is 0.404. The van der Waals surface area contributed by atoms with Crippen LogP contribution < -0.4 is 9.46 Å². The predicted molar refractivity (Wildman–Crippen MR) is 128 cm³/mol. The first-order valence-corrected chi connectivity index (χ1v) is 12.1. The highest BCUT2D eigenvalue weighted by atomic mass is 32.2. The summed E-state index contributed by atoms with van der Waals surface area (Å²) in [5.74, 6) is 0.103. The fourth-order valence-corrected chi connectivity index (χ4v) is 4.60. The zero-order valence-corrected chi connectivity index (χ0v) is 20.1. The van der Waals surface area contributed by atoms with Crippen LogP contribution in [0.1, 0.15) is 28.1 Å². The van der Waals surface area contributed by atoms with Crippen molar-refractivity contribution in [3.05, 3.63) is 94.7 Å². The topological polar surface area (TPSA) is 110 Å². The Morgan fingerprint density at radius 1 is 1.11 bits per heavy atom. The molecule has 4 aromatic rings. The van der Waals surface area contributed by atoms with E-state index >= 15 is 0 Å². The number of hydrogen-bond donors (Lipinski definition) is 1. The van der Waals surface area contributed by atoms with Crippen LogP contribution in [0.4, 0.5) is 10.2 Å². The van der Waals surface area contributed by atoms with Gasteiger partial charge in [0.05, 0.1) is 22.3 Å². The number of halogens is 1. The number of nitriles is 1. The Labute approximate surface area is 202 Å². The Bertz CT molecular complexity index is 1520. The number of ether oxygens (including phenoxy) is 1. The van der Waals surface area contributed by atoms with Gasteiger partial charge in [0.1, 0.15) is 29.2 Å². The molecule has 178 valence electrons. The average molecular weight is 492 g/mol. The first-order chi connectivity index (χ1) is 16.7. The summed E-state index contributed by atoms with van der Waals surface area (Å²) in [6, 6.07) is 15.7. The molecule has 10 heteroatoms. The molecule has 0 atom stereocenters. The summed E-state index contributed by atoms with van der Waals surface area (Å²) >= 11 is 0. The van der Waals surface area contributed by atoms with Gasteiger partial charge in [0, 0.05) is 24.7 Å². The second kappa shape index (κ2) is 9.56. The van der Waals surface area contributed by atoms with Crippen LogP contribution in [0.15, 0.2) is 65.7 Å². The average Bonchev–Trinajstić information content (AvgIpc) is 3.07. The number of nitrogens with one attached hydrogen (secondary N) is 1. The number of aromatic nitrogens is 3. The number of benzene rings is 2. The minimum Gasteiger partial charge on any atom is -0.456 e. The summed E-state index contributed by atoms with van der Waals surface area (Å²) in [4.78, 5) is 3.54. The minimum atomic E-state index is -4.04. The summed E-state index contributed by atoms with van der Waals surface area (Å²) in [6.45, 7) is 4.02. The molecule has 0 aliphatic carbocycles. The van der Waals surface area contributed by atoms with E-state index in [-0.39, 0.29) is 22.0 Å². The molecule has 0 saturated carbocycles. The highest BCUT2D eigenvalue weighted by molar-refractivity contribution is 7.92. The summed E-state index contributed by atoms with van der Waals surface area (Å²) in [5.41, 5.74) is 4.41. The van der Waals surface area contributed by atoms with Crippen LogP contribution >= 0.6 is 0 Å². The van der Waals surface area contributed by atoms with Gasteiger partial charge in [-0.1, -0.05) is 12.1 Å². The van der Waals surface area contributed by atoms with E-state index in [1.165, 1.54) is 29.8 Å². The Kier molecular flexibility index (Phi) is 6.53. The SMILES string of the molecule is Cc1nn(C)c(C)c1Cc1ccc(Oc2ccc(S(=O)(=O)Nc3ccc(F)cn3)cc2C#N)cc1. The Hall–Kier alpha value is -4.23. The van der Waals surface area contributed by atoms with Gasteiger partial charge in [-0.2, -0.15) is 10.4 Å². The van der Waals surface area contributed by atoms with Crippen LogP contribution in [-0.2, 0) is 23.5 Å². The molecular weight excluding hydrogens is 469 g/mol. The highest BCUT2D eigenvalue weighted by Gasteiger charge is 2.18. The van der Waals surface area contributed by atoms with Crippen LogP contribution in [0, 0.1) is 31.0 Å². The molecule has 2 aromatic heterocycles. The molecule has 0 amide bonds. The van der Waals surface area contributed by atoms with Gasteiger partial charge in [-0.3, -0.25) is 9.40 Å². The third-order valence-electron chi connectivity index (χ3n) is 5.54. The maximum absolute atomic E-state index is 13.0. The first kappa shape index (κ1) is 23.9. The van der Waals surface area contributed by atoms with E-state index < -0.39 is 15.8 Å². The normalized spacial score (nSPS) is 11.2. The van der Waals surface area contributed by atoms with Crippen LogP contribution in [0.2, 0.25) is 0 Å². The van der Waals surface area contributed by atoms with Gasteiger partial charge in [-0.05, 0) is 61.9 Å². The van der Waals surface area contributed by atoms with E-state index in [1.54, 1.807) is 12.1 Å². The van der Waals surface area contributed by atoms with E-state index in [1.807, 2.05) is 43.8 Å². The lowest BCUT2D eigenvalue weighted by atomic mass is 10.0. The summed E-state index contributed by atoms with van der Waals surface area (Å²) in [5, 5.41) is 14.0. The van der Waals surface area contributed by atoms with Gasteiger partial charge in [0.25, 0.3) is 10.0 Å². The van der Waals surface area contributed by atoms with Crippen molar-refractivity contribution in [2.24, 2.45) is 7.05 Å². The second-order valence-electron chi connectivity index (χ2n) is 7.93. The standard InChI is InChI=1S/C25H22FN5O3S/c1-16-23(17(2)31(3)29-16)12-18-4-7-21(8-5-18)34-24-10-9-22(13-19(24)14-27)35(32,33)30-25-11-6-20(26)15-28-25/h4-11,13,15H,12H2,1-3H3,(H,28,30). The number of pyridine rings is 1. The van der Waals surface area contributed by atoms with Crippen molar-refractivity contribution in [3.63, 3.8) is 0 Å². The number of sulfonamides is 1. The lowest BCUT2D eigenvalue weighted by molar-refractivity contribution is 0.480. The fraction of sp³-hybridized carbons (Fsp3) is 0.160. The maximum atomic E-state index is 13.0. The molecule has 0 aliphatic rings. The number of anilines is 1. The van der Waals surface area contributed by atoms with Crippen molar-refractivity contribution in [2.75, 3.05) is 4.72 Å². The first-order valence-electron chi connectivity index (χ1n) is 10.6. The zero-order valence-electron chi connectivity index (χ0n) is 19.3. The number of aryl methyl sites for hydroxylation is 2. The van der Waals surface area contributed by atoms with Gasteiger partial charge in [0.15, 0.2) is 0 Å². The summed E-state index contributed by atoms with van der Waals surface area (Å²) in [7, 11) is -2.12. The highest BCUT2D eigenvalue weighted by Crippen LogP contribution is 2.29. The van der Waals surface area contributed by atoms with Crippen LogP contribution in [-0.4, -0.2) is 23.2 Å². The molecule has 2 aromatic carbocycles. The van der Waals surface area contributed by atoms with Gasteiger partial charge < -0.3 is 4.74 Å². The van der Waals surface area contributed by atoms with Crippen molar-refractivity contribution in [1.29, 1.82) is 5.26 Å². The van der Waals surface area contributed by atoms with Crippen molar-refractivity contribution < 1.29 is 17.5 Å². The summed E-state index contributed by atoms with van der Waals surface area (Å²) < 4.78 is 48.3. The molecule has 0 saturated heterocycles. The Morgan fingerprint density at radius 2 is 1.86 bits per heavy atom. The van der Waals surface area contributed by atoms with E-state index in [4.69, 9.17) is 4.74 Å². The molecule has 0 bridgehead atoms. The number of hydrogen-bond acceptors (Lipinski definition) is 6. The smallest absolute Gasteiger partial charge is 0.263 e. The zero-order chi connectivity index (χ0) is 25.2. The number of rotatable bonds is 7. The third-order valence-corrected chi connectivity index (χ3v) is 6.89. The number of nitrogens with zero attached hydrogens (tertiary/aromatic N) is 4. The monoisotopic (exact) mass is 491 g/mol. The van der Waals surface area contributed by atoms with Crippen molar-refractivity contribution in [1.82, 2.24) is 14.8 Å². The molecule has 0 spiro atoms. The molecule has 4 rings (SSSR count). The molecule has 0 aliphatic heterocycles. The van der Waals surface area contributed by atoms with Crippen molar-refractivity contribution in [3.8, 4) is 17.6 Å². The van der Waals surface area contributed by atoms with Gasteiger partial charge >= 0.3 is 0 Å². The predicted octanol–water partition coefficient (Wildman–Crippen LogP) is 4.63. The fourth-order valence-electron chi connectivity index (χ4n) is 3.57. The Balaban J connectivity index is 1.50. The van der Waals surface area contributed by atoms with Crippen LogP contribution in [0.25, 0.3) is 0 Å². The molecule has 1 N–H and O–H groups in total. The lowest BCUT2D eigenvalue weighted by Gasteiger charge is -2.11. The van der Waals surface area contributed by atoms with Gasteiger partial charge in [-0.15, -0.1) is 0 Å². The molecule has 0 unspecified atom stereocenters. The largest absolute Gasteiger partial charge is 0.456 e. The van der Waals surface area contributed by atoms with Crippen LogP contribution in [0.3, 0.4) is 0 Å². The van der Waals surface area contributed by atoms with Gasteiger partial charge in [0.2, 0.25) is 0 Å². The van der Waals surface area contributed by atoms with Gasteiger partial charge in [-0.25, -0.2) is 17.8 Å². The molecule has 2 heterocycles. The molecular formula is C25H22FN5O3S. The molecule has 0 radical (unpaired) electrons. The van der Waals surface area contributed by atoms with Crippen molar-refractivity contribution in [2.45, 2.75) is 25.2 Å². The van der Waals surface area contributed by atoms with E-state index in [9.17, 15) is 18.1 Å². The molecule has 0 fully saturated rings. The Morgan fingerprint density at radius 3 is 2.46 bits per heavy atom.